The molecule has 2 fully saturated rings. The molecular weight excluding hydrogens is 572 g/mol. The minimum absolute atomic E-state index is 0.00187. The van der Waals surface area contributed by atoms with Crippen LogP contribution in [0.15, 0.2) is 54.6 Å². The van der Waals surface area contributed by atoms with Crippen LogP contribution in [0.25, 0.3) is 0 Å². The number of amides is 2. The van der Waals surface area contributed by atoms with Gasteiger partial charge in [0.2, 0.25) is 16.2 Å². The smallest absolute Gasteiger partial charge is 0.251 e. The molecule has 5 rings (SSSR count). The Labute approximate surface area is 265 Å². The molecule has 0 atom stereocenters. The molecule has 1 aromatic heterocycles. The summed E-state index contributed by atoms with van der Waals surface area (Å²) in [5.41, 5.74) is 2.70. The molecule has 2 aliphatic rings. The van der Waals surface area contributed by atoms with Gasteiger partial charge < -0.3 is 25.2 Å². The predicted molar refractivity (Wildman–Crippen MR) is 176 cm³/mol. The number of hydrogen-bond donors (Lipinski definition) is 2. The third-order valence-corrected chi connectivity index (χ3v) is 9.71. The number of ether oxygens (including phenoxy) is 1. The van der Waals surface area contributed by atoms with E-state index >= 15 is 0 Å². The fourth-order valence-corrected chi connectivity index (χ4v) is 6.82. The monoisotopic (exact) mass is 618 g/mol. The Bertz CT molecular complexity index is 1330. The van der Waals surface area contributed by atoms with Crippen molar-refractivity contribution >= 4 is 33.4 Å². The van der Waals surface area contributed by atoms with E-state index < -0.39 is 0 Å². The number of carbonyl (C=O) groups is 2. The number of nitrogens with one attached hydrogen (secondary N) is 2. The minimum Gasteiger partial charge on any atom is -0.377 e. The number of hydrogen-bond acceptors (Lipinski definition) is 8. The van der Waals surface area contributed by atoms with E-state index in [2.05, 4.69) is 44.5 Å². The zero-order valence-electron chi connectivity index (χ0n) is 26.0. The van der Waals surface area contributed by atoms with Crippen molar-refractivity contribution in [2.24, 2.45) is 11.8 Å². The molecule has 9 nitrogen and oxygen atoms in total. The van der Waals surface area contributed by atoms with E-state index in [0.717, 1.165) is 81.1 Å². The number of benzene rings is 2. The molecule has 2 saturated heterocycles. The SMILES string of the molecule is CC(C)N1CCC(CNC(=O)c2cccc(COCCC3CCN(c4nnc(NC(=O)Cc5ccccc5)s4)CC3)c2)CC1. The summed E-state index contributed by atoms with van der Waals surface area (Å²) in [6.45, 7) is 10.5. The van der Waals surface area contributed by atoms with Gasteiger partial charge in [-0.2, -0.15) is 0 Å². The van der Waals surface area contributed by atoms with Gasteiger partial charge >= 0.3 is 0 Å². The van der Waals surface area contributed by atoms with Crippen LogP contribution >= 0.6 is 11.3 Å². The lowest BCUT2D eigenvalue weighted by molar-refractivity contribution is -0.115. The van der Waals surface area contributed by atoms with Crippen molar-refractivity contribution in [3.63, 3.8) is 0 Å². The van der Waals surface area contributed by atoms with Gasteiger partial charge in [0.25, 0.3) is 5.91 Å². The lowest BCUT2D eigenvalue weighted by Crippen LogP contribution is -2.41. The standard InChI is InChI=1S/C34H46N6O3S/c1-25(2)39-16-13-28(14-17-39)23-35-32(42)30-10-6-9-29(21-30)24-43-20-15-26-11-18-40(19-12-26)34-38-37-33(44-34)36-31(41)22-27-7-4-3-5-8-27/h3-10,21,25-26,28H,11-20,22-24H2,1-2H3,(H,35,42)(H,36,37,41). The van der Waals surface area contributed by atoms with Crippen molar-refractivity contribution in [2.45, 2.75) is 65.0 Å². The molecular formula is C34H46N6O3S. The molecule has 0 unspecified atom stereocenters. The van der Waals surface area contributed by atoms with Crippen molar-refractivity contribution in [3.05, 3.63) is 71.3 Å². The lowest BCUT2D eigenvalue weighted by atomic mass is 9.94. The fourth-order valence-electron chi connectivity index (χ4n) is 6.01. The van der Waals surface area contributed by atoms with Gasteiger partial charge in [0, 0.05) is 37.8 Å². The number of aromatic nitrogens is 2. The summed E-state index contributed by atoms with van der Waals surface area (Å²) in [4.78, 5) is 29.9. The summed E-state index contributed by atoms with van der Waals surface area (Å²) >= 11 is 1.43. The van der Waals surface area contributed by atoms with Gasteiger partial charge in [-0.1, -0.05) is 53.8 Å². The molecule has 0 aliphatic carbocycles. The van der Waals surface area contributed by atoms with Crippen LogP contribution in [0, 0.1) is 11.8 Å². The van der Waals surface area contributed by atoms with Crippen molar-refractivity contribution < 1.29 is 14.3 Å². The Hall–Kier alpha value is -3.34. The molecule has 10 heteroatoms. The quantitative estimate of drug-likeness (QED) is 0.248. The Morgan fingerprint density at radius 3 is 2.41 bits per heavy atom. The Balaban J connectivity index is 0.964. The van der Waals surface area contributed by atoms with Crippen LogP contribution in [-0.2, 0) is 22.6 Å². The maximum Gasteiger partial charge on any atom is 0.251 e. The maximum absolute atomic E-state index is 12.8. The largest absolute Gasteiger partial charge is 0.377 e. The molecule has 0 spiro atoms. The predicted octanol–water partition coefficient (Wildman–Crippen LogP) is 5.39. The van der Waals surface area contributed by atoms with Gasteiger partial charge in [-0.25, -0.2) is 0 Å². The van der Waals surface area contributed by atoms with Gasteiger partial charge in [0.1, 0.15) is 0 Å². The number of anilines is 2. The molecule has 0 radical (unpaired) electrons. The molecule has 2 amide bonds. The Morgan fingerprint density at radius 1 is 0.932 bits per heavy atom. The summed E-state index contributed by atoms with van der Waals surface area (Å²) in [5, 5.41) is 15.9. The van der Waals surface area contributed by atoms with Crippen molar-refractivity contribution in [2.75, 3.05) is 49.5 Å². The van der Waals surface area contributed by atoms with E-state index in [0.29, 0.717) is 48.2 Å². The zero-order valence-corrected chi connectivity index (χ0v) is 26.9. The summed E-state index contributed by atoms with van der Waals surface area (Å²) < 4.78 is 6.03. The van der Waals surface area contributed by atoms with Gasteiger partial charge in [0.15, 0.2) is 0 Å². The van der Waals surface area contributed by atoms with Crippen molar-refractivity contribution in [1.82, 2.24) is 20.4 Å². The highest BCUT2D eigenvalue weighted by Crippen LogP contribution is 2.29. The Morgan fingerprint density at radius 2 is 1.66 bits per heavy atom. The van der Waals surface area contributed by atoms with E-state index in [-0.39, 0.29) is 11.8 Å². The molecule has 44 heavy (non-hydrogen) atoms. The van der Waals surface area contributed by atoms with Crippen LogP contribution in [0.3, 0.4) is 0 Å². The number of carbonyl (C=O) groups excluding carboxylic acids is 2. The topological polar surface area (TPSA) is 99.7 Å². The second-order valence-corrected chi connectivity index (χ2v) is 13.3. The molecule has 236 valence electrons. The number of likely N-dealkylation sites (tertiary alicyclic amines) is 1. The minimum atomic E-state index is -0.0827. The highest BCUT2D eigenvalue weighted by atomic mass is 32.1. The number of nitrogens with zero attached hydrogens (tertiary/aromatic N) is 4. The molecule has 3 heterocycles. The molecule has 2 aliphatic heterocycles. The van der Waals surface area contributed by atoms with E-state index in [9.17, 15) is 9.59 Å². The summed E-state index contributed by atoms with van der Waals surface area (Å²) in [5.74, 6) is 1.08. The van der Waals surface area contributed by atoms with Gasteiger partial charge in [0.05, 0.1) is 13.0 Å². The molecule has 2 N–H and O–H groups in total. The first-order valence-corrected chi connectivity index (χ1v) is 16.9. The number of rotatable bonds is 13. The van der Waals surface area contributed by atoms with E-state index in [1.165, 1.54) is 11.3 Å². The average molecular weight is 619 g/mol. The zero-order chi connectivity index (χ0) is 30.7. The second kappa shape index (κ2) is 16.1. The summed E-state index contributed by atoms with van der Waals surface area (Å²) in [6, 6.07) is 18.1. The molecule has 2 aromatic carbocycles. The average Bonchev–Trinajstić information content (AvgIpc) is 3.51. The van der Waals surface area contributed by atoms with Gasteiger partial charge in [-0.3, -0.25) is 9.59 Å². The first-order valence-electron chi connectivity index (χ1n) is 16.0. The first-order chi connectivity index (χ1) is 21.4. The second-order valence-electron chi connectivity index (χ2n) is 12.4. The highest BCUT2D eigenvalue weighted by molar-refractivity contribution is 7.19. The molecule has 0 bridgehead atoms. The van der Waals surface area contributed by atoms with Crippen LogP contribution < -0.4 is 15.5 Å². The molecule has 3 aromatic rings. The van der Waals surface area contributed by atoms with Gasteiger partial charge in [-0.15, -0.1) is 10.2 Å². The van der Waals surface area contributed by atoms with Crippen LogP contribution in [0.5, 0.6) is 0 Å². The molecule has 0 saturated carbocycles. The van der Waals surface area contributed by atoms with Gasteiger partial charge in [-0.05, 0) is 94.1 Å². The van der Waals surface area contributed by atoms with E-state index in [4.69, 9.17) is 4.74 Å². The van der Waals surface area contributed by atoms with Crippen LogP contribution in [0.1, 0.15) is 67.4 Å². The van der Waals surface area contributed by atoms with E-state index in [1.54, 1.807) is 0 Å². The third-order valence-electron chi connectivity index (χ3n) is 8.81. The number of piperidine rings is 2. The fraction of sp³-hybridized carbons (Fsp3) is 0.529. The van der Waals surface area contributed by atoms with Crippen LogP contribution in [0.4, 0.5) is 10.3 Å². The lowest BCUT2D eigenvalue weighted by Gasteiger charge is -2.34. The normalized spacial score (nSPS) is 16.8. The van der Waals surface area contributed by atoms with Crippen LogP contribution in [-0.4, -0.2) is 72.3 Å². The first kappa shape index (κ1) is 32.1. The van der Waals surface area contributed by atoms with Crippen molar-refractivity contribution in [1.29, 1.82) is 0 Å². The third kappa shape index (κ3) is 9.58. The van der Waals surface area contributed by atoms with Crippen LogP contribution in [0.2, 0.25) is 0 Å². The summed E-state index contributed by atoms with van der Waals surface area (Å²) in [7, 11) is 0. The highest BCUT2D eigenvalue weighted by Gasteiger charge is 2.23. The van der Waals surface area contributed by atoms with Crippen molar-refractivity contribution in [3.8, 4) is 0 Å². The summed E-state index contributed by atoms with van der Waals surface area (Å²) in [6.07, 6.45) is 5.77. The maximum atomic E-state index is 12.8. The van der Waals surface area contributed by atoms with E-state index in [1.807, 2.05) is 54.6 Å². The Kier molecular flexibility index (Phi) is 11.7.